The van der Waals surface area contributed by atoms with Gasteiger partial charge in [-0.05, 0) is 122 Å². The molecule has 5 aliphatic carbocycles. The molecule has 19 heteroatoms. The number of aliphatic carboxylic acids is 1. The number of rotatable bonds is 9. The Morgan fingerprint density at radius 2 is 1.12 bits per heavy atom. The fraction of sp³-hybridized carbons (Fsp3) is 0.958. The Balaban J connectivity index is 1.07. The number of esters is 1. The summed E-state index contributed by atoms with van der Waals surface area (Å²) in [6.45, 7) is 14.5. The number of fused-ring (bicyclic) bond motifs is 7. The van der Waals surface area contributed by atoms with Crippen molar-refractivity contribution in [3.05, 3.63) is 0 Å². The summed E-state index contributed by atoms with van der Waals surface area (Å²) in [5, 5.41) is 116. The Labute approximate surface area is 392 Å². The summed E-state index contributed by atoms with van der Waals surface area (Å²) < 4.78 is 36.2. The van der Waals surface area contributed by atoms with Crippen LogP contribution < -0.4 is 0 Å². The third kappa shape index (κ3) is 7.86. The van der Waals surface area contributed by atoms with E-state index >= 15 is 0 Å². The van der Waals surface area contributed by atoms with Crippen LogP contribution in [-0.2, 0) is 38.0 Å². The van der Waals surface area contributed by atoms with Crippen LogP contribution in [0.2, 0.25) is 0 Å². The lowest BCUT2D eigenvalue weighted by atomic mass is 9.29. The zero-order chi connectivity index (χ0) is 49.2. The molecule has 0 radical (unpaired) electrons. The fourth-order valence-corrected chi connectivity index (χ4v) is 16.4. The molecule has 19 nitrogen and oxygen atoms in total. The Hall–Kier alpha value is -1.66. The van der Waals surface area contributed by atoms with Gasteiger partial charge in [0.05, 0.1) is 24.2 Å². The van der Waals surface area contributed by atoms with Crippen LogP contribution in [0.4, 0.5) is 0 Å². The van der Waals surface area contributed by atoms with Crippen molar-refractivity contribution in [2.45, 2.75) is 223 Å². The molecule has 11 N–H and O–H groups in total. The van der Waals surface area contributed by atoms with Crippen molar-refractivity contribution >= 4 is 11.9 Å². The second-order valence-corrected chi connectivity index (χ2v) is 23.9. The van der Waals surface area contributed by atoms with E-state index in [1.165, 1.54) is 0 Å². The summed E-state index contributed by atoms with van der Waals surface area (Å²) in [7, 11) is 0. The molecule has 0 aromatic rings. The average Bonchev–Trinajstić information content (AvgIpc) is 3.25. The molecule has 3 aliphatic heterocycles. The standard InChI is InChI=1S/C48H78O19/c1-42(2)15-17-48(41(61)66-39-34(58)30(54)28(52)23(20-50)63-39)18-16-45(5)26(46(48,6)21-42)10-9-24-43(3)12-8-13-47(7,25(43)11-14-44(24,45)4)67-40-36(32(56)31(55)35(64-40)37(59)60)65-38-33(57)29(53)27(51)22(19-49)62-38/h22-36,38-40,49-58H,8-21H2,1-7H3,(H,59,60). The van der Waals surface area contributed by atoms with E-state index in [0.717, 1.165) is 51.4 Å². The Kier molecular flexibility index (Phi) is 13.8. The highest BCUT2D eigenvalue weighted by Crippen LogP contribution is 2.79. The van der Waals surface area contributed by atoms with Crippen molar-refractivity contribution in [3.8, 4) is 0 Å². The maximum absolute atomic E-state index is 14.9. The molecule has 3 heterocycles. The lowest BCUT2D eigenvalue weighted by molar-refractivity contribution is -0.383. The highest BCUT2D eigenvalue weighted by Gasteiger charge is 2.75. The summed E-state index contributed by atoms with van der Waals surface area (Å²) in [5.41, 5.74) is -3.35. The van der Waals surface area contributed by atoms with Crippen molar-refractivity contribution in [2.75, 3.05) is 13.2 Å². The van der Waals surface area contributed by atoms with E-state index in [0.29, 0.717) is 25.7 Å². The van der Waals surface area contributed by atoms with Gasteiger partial charge in [-0.1, -0.05) is 48.0 Å². The Morgan fingerprint density at radius 3 is 1.73 bits per heavy atom. The van der Waals surface area contributed by atoms with E-state index < -0.39 is 134 Å². The number of ether oxygens (including phenoxy) is 6. The van der Waals surface area contributed by atoms with E-state index in [1.807, 2.05) is 6.92 Å². The smallest absolute Gasteiger partial charge is 0.335 e. The molecule has 0 amide bonds. The minimum absolute atomic E-state index is 0.0835. The molecule has 0 aromatic carbocycles. The molecule has 0 bridgehead atoms. The quantitative estimate of drug-likeness (QED) is 0.140. The predicted octanol–water partition coefficient (Wildman–Crippen LogP) is 0.457. The monoisotopic (exact) mass is 959 g/mol. The summed E-state index contributed by atoms with van der Waals surface area (Å²) in [5.74, 6) is -1.88. The SMILES string of the molecule is CC1(C)CCC2(C(=O)OC3OC(CO)C(O)C(O)C3O)CCC3(C)C(CCC4C5(C)CCCC(C)(OC6OC(C(=O)O)C(O)C(O)C6OC6OC(CO)C(O)C(O)C6O)C5CCC43C)C2(C)C1. The molecule has 24 unspecified atom stereocenters. The van der Waals surface area contributed by atoms with Crippen LogP contribution in [0.15, 0.2) is 0 Å². The maximum atomic E-state index is 14.9. The first-order chi connectivity index (χ1) is 31.2. The largest absolute Gasteiger partial charge is 0.479 e. The van der Waals surface area contributed by atoms with Crippen molar-refractivity contribution in [3.63, 3.8) is 0 Å². The summed E-state index contributed by atoms with van der Waals surface area (Å²) in [6, 6.07) is 0. The van der Waals surface area contributed by atoms with Gasteiger partial charge in [0.2, 0.25) is 6.29 Å². The van der Waals surface area contributed by atoms with Crippen molar-refractivity contribution < 1.29 is 94.2 Å². The van der Waals surface area contributed by atoms with Crippen molar-refractivity contribution in [2.24, 2.45) is 50.2 Å². The predicted molar refractivity (Wildman–Crippen MR) is 231 cm³/mol. The molecule has 8 rings (SSSR count). The number of aliphatic hydroxyl groups excluding tert-OH is 10. The zero-order valence-corrected chi connectivity index (χ0v) is 40.0. The van der Waals surface area contributed by atoms with E-state index in [4.69, 9.17) is 28.4 Å². The minimum Gasteiger partial charge on any atom is -0.479 e. The van der Waals surface area contributed by atoms with Gasteiger partial charge in [-0.25, -0.2) is 4.79 Å². The molecule has 3 saturated heterocycles. The van der Waals surface area contributed by atoms with Crippen LogP contribution in [-0.4, -0.2) is 179 Å². The highest BCUT2D eigenvalue weighted by atomic mass is 16.8. The molecule has 384 valence electrons. The average molecular weight is 959 g/mol. The number of aliphatic hydroxyl groups is 10. The van der Waals surface area contributed by atoms with E-state index in [1.54, 1.807) is 0 Å². The van der Waals surface area contributed by atoms with Crippen molar-refractivity contribution in [1.29, 1.82) is 0 Å². The van der Waals surface area contributed by atoms with Gasteiger partial charge in [0.25, 0.3) is 0 Å². The van der Waals surface area contributed by atoms with Gasteiger partial charge in [0, 0.05) is 0 Å². The van der Waals surface area contributed by atoms with Gasteiger partial charge >= 0.3 is 11.9 Å². The normalized spacial score (nSPS) is 55.2. The molecule has 0 aromatic heterocycles. The fourth-order valence-electron chi connectivity index (χ4n) is 16.4. The maximum Gasteiger partial charge on any atom is 0.335 e. The third-order valence-corrected chi connectivity index (χ3v) is 20.0. The van der Waals surface area contributed by atoms with Gasteiger partial charge in [0.1, 0.15) is 67.1 Å². The van der Waals surface area contributed by atoms with Crippen molar-refractivity contribution in [1.82, 2.24) is 0 Å². The molecule has 67 heavy (non-hydrogen) atoms. The molecule has 0 spiro atoms. The van der Waals surface area contributed by atoms with Crippen LogP contribution in [0.25, 0.3) is 0 Å². The highest BCUT2D eigenvalue weighted by molar-refractivity contribution is 5.79. The number of carbonyl (C=O) groups excluding carboxylic acids is 1. The van der Waals surface area contributed by atoms with E-state index in [9.17, 15) is 65.8 Å². The minimum atomic E-state index is -1.98. The van der Waals surface area contributed by atoms with Gasteiger partial charge < -0.3 is 84.6 Å². The van der Waals surface area contributed by atoms with E-state index in [-0.39, 0.29) is 39.4 Å². The van der Waals surface area contributed by atoms with Crippen LogP contribution in [0.1, 0.15) is 126 Å². The molecular weight excluding hydrogens is 881 g/mol. The van der Waals surface area contributed by atoms with Gasteiger partial charge in [-0.3, -0.25) is 4.79 Å². The lowest BCUT2D eigenvalue weighted by Crippen LogP contribution is -2.71. The van der Waals surface area contributed by atoms with Crippen LogP contribution in [0, 0.1) is 50.2 Å². The first kappa shape index (κ1) is 51.7. The first-order valence-electron chi connectivity index (χ1n) is 24.6. The number of carboxylic acids is 1. The second kappa shape index (κ2) is 17.8. The van der Waals surface area contributed by atoms with E-state index in [2.05, 4.69) is 41.5 Å². The number of carboxylic acid groups (broad SMARTS) is 1. The molecular formula is C48H78O19. The number of carbonyl (C=O) groups is 2. The summed E-state index contributed by atoms with van der Waals surface area (Å²) in [4.78, 5) is 27.3. The number of hydrogen-bond donors (Lipinski definition) is 11. The van der Waals surface area contributed by atoms with Crippen LogP contribution in [0.3, 0.4) is 0 Å². The van der Waals surface area contributed by atoms with Crippen LogP contribution in [0.5, 0.6) is 0 Å². The topological polar surface area (TPSA) is 312 Å². The first-order valence-corrected chi connectivity index (χ1v) is 24.6. The lowest BCUT2D eigenvalue weighted by Gasteiger charge is -2.75. The summed E-state index contributed by atoms with van der Waals surface area (Å²) >= 11 is 0. The van der Waals surface area contributed by atoms with Gasteiger partial charge in [0.15, 0.2) is 18.7 Å². The Bertz CT molecular complexity index is 1830. The number of hydrogen-bond acceptors (Lipinski definition) is 18. The molecule has 5 saturated carbocycles. The van der Waals surface area contributed by atoms with Gasteiger partial charge in [-0.15, -0.1) is 0 Å². The molecule has 8 aliphatic rings. The van der Waals surface area contributed by atoms with Crippen LogP contribution >= 0.6 is 0 Å². The Morgan fingerprint density at radius 1 is 0.552 bits per heavy atom. The molecule has 8 fully saturated rings. The molecule has 24 atom stereocenters. The second-order valence-electron chi connectivity index (χ2n) is 23.9. The summed E-state index contributed by atoms with van der Waals surface area (Å²) in [6.07, 6.45) is -16.6. The zero-order valence-electron chi connectivity index (χ0n) is 40.0. The third-order valence-electron chi connectivity index (χ3n) is 20.0. The van der Waals surface area contributed by atoms with Gasteiger partial charge in [-0.2, -0.15) is 0 Å².